The van der Waals surface area contributed by atoms with E-state index in [4.69, 9.17) is 5.11 Å². The number of benzene rings is 1. The van der Waals surface area contributed by atoms with Gasteiger partial charge >= 0.3 is 5.97 Å². The molecule has 21 heavy (non-hydrogen) atoms. The van der Waals surface area contributed by atoms with Crippen molar-refractivity contribution in [1.82, 2.24) is 4.90 Å². The van der Waals surface area contributed by atoms with Crippen LogP contribution in [-0.2, 0) is 0 Å². The van der Waals surface area contributed by atoms with Gasteiger partial charge in [-0.3, -0.25) is 15.0 Å². The number of rotatable bonds is 8. The number of nitro benzene ring substituents is 1. The molecule has 0 bridgehead atoms. The van der Waals surface area contributed by atoms with Gasteiger partial charge in [-0.15, -0.1) is 0 Å². The zero-order valence-electron chi connectivity index (χ0n) is 11.9. The Labute approximate surface area is 122 Å². The smallest absolute Gasteiger partial charge is 0.338 e. The molecule has 7 heteroatoms. The number of nitrogens with one attached hydrogen (secondary N) is 1. The molecule has 2 rings (SSSR count). The predicted molar refractivity (Wildman–Crippen MR) is 78.8 cm³/mol. The minimum Gasteiger partial charge on any atom is -0.478 e. The third-order valence-electron chi connectivity index (χ3n) is 3.63. The van der Waals surface area contributed by atoms with Crippen molar-refractivity contribution >= 4 is 17.3 Å². The summed E-state index contributed by atoms with van der Waals surface area (Å²) in [5.74, 6) is -1.17. The van der Waals surface area contributed by atoms with E-state index in [-0.39, 0.29) is 11.3 Å². The van der Waals surface area contributed by atoms with Crippen LogP contribution in [0.4, 0.5) is 11.4 Å². The Morgan fingerprint density at radius 1 is 1.52 bits per heavy atom. The van der Waals surface area contributed by atoms with Gasteiger partial charge in [0.25, 0.3) is 5.69 Å². The zero-order valence-corrected chi connectivity index (χ0v) is 11.9. The Kier molecular flexibility index (Phi) is 4.74. The van der Waals surface area contributed by atoms with Crippen LogP contribution in [0.15, 0.2) is 18.2 Å². The molecule has 0 atom stereocenters. The Balaban J connectivity index is 2.01. The highest BCUT2D eigenvalue weighted by atomic mass is 16.6. The SMILES string of the molecule is CCN(CCNc1ccc([N+](=O)[O-])cc1C(=O)O)C1CC1. The summed E-state index contributed by atoms with van der Waals surface area (Å²) in [6, 6.07) is 4.51. The highest BCUT2D eigenvalue weighted by Gasteiger charge is 2.27. The molecule has 0 spiro atoms. The molecule has 114 valence electrons. The minimum atomic E-state index is -1.17. The number of nitrogens with zero attached hydrogens (tertiary/aromatic N) is 2. The largest absolute Gasteiger partial charge is 0.478 e. The van der Waals surface area contributed by atoms with Crippen LogP contribution in [0.5, 0.6) is 0 Å². The van der Waals surface area contributed by atoms with Crippen LogP contribution in [0.25, 0.3) is 0 Å². The van der Waals surface area contributed by atoms with Crippen LogP contribution in [0, 0.1) is 10.1 Å². The van der Waals surface area contributed by atoms with E-state index in [0.29, 0.717) is 18.3 Å². The van der Waals surface area contributed by atoms with Gasteiger partial charge in [-0.25, -0.2) is 4.79 Å². The van der Waals surface area contributed by atoms with Crippen LogP contribution < -0.4 is 5.32 Å². The van der Waals surface area contributed by atoms with E-state index in [1.165, 1.54) is 25.0 Å². The van der Waals surface area contributed by atoms with Gasteiger partial charge in [-0.1, -0.05) is 6.92 Å². The van der Waals surface area contributed by atoms with E-state index < -0.39 is 10.9 Å². The van der Waals surface area contributed by atoms with E-state index in [1.54, 1.807) is 0 Å². The Bertz CT molecular complexity index is 543. The van der Waals surface area contributed by atoms with Crippen LogP contribution in [-0.4, -0.2) is 46.6 Å². The summed E-state index contributed by atoms with van der Waals surface area (Å²) in [7, 11) is 0. The first-order chi connectivity index (χ1) is 10.0. The van der Waals surface area contributed by atoms with Crippen molar-refractivity contribution in [1.29, 1.82) is 0 Å². The first kappa shape index (κ1) is 15.2. The molecule has 0 unspecified atom stereocenters. The maximum atomic E-state index is 11.2. The fourth-order valence-corrected chi connectivity index (χ4v) is 2.35. The summed E-state index contributed by atoms with van der Waals surface area (Å²) in [4.78, 5) is 23.6. The Hall–Kier alpha value is -2.15. The zero-order chi connectivity index (χ0) is 15.4. The van der Waals surface area contributed by atoms with Crippen molar-refractivity contribution in [3.63, 3.8) is 0 Å². The fraction of sp³-hybridized carbons (Fsp3) is 0.500. The molecular weight excluding hydrogens is 274 g/mol. The van der Waals surface area contributed by atoms with Gasteiger partial charge in [0.05, 0.1) is 10.5 Å². The third-order valence-corrected chi connectivity index (χ3v) is 3.63. The number of aromatic carboxylic acids is 1. The number of nitro groups is 1. The highest BCUT2D eigenvalue weighted by molar-refractivity contribution is 5.95. The maximum absolute atomic E-state index is 11.2. The molecule has 1 saturated carbocycles. The van der Waals surface area contributed by atoms with Crippen molar-refractivity contribution in [2.24, 2.45) is 0 Å². The summed E-state index contributed by atoms with van der Waals surface area (Å²) in [5, 5.41) is 22.9. The highest BCUT2D eigenvalue weighted by Crippen LogP contribution is 2.26. The van der Waals surface area contributed by atoms with Crippen molar-refractivity contribution in [3.05, 3.63) is 33.9 Å². The van der Waals surface area contributed by atoms with Crippen LogP contribution in [0.1, 0.15) is 30.1 Å². The molecule has 1 aliphatic rings. The predicted octanol–water partition coefficient (Wildman–Crippen LogP) is 2.19. The number of likely N-dealkylation sites (N-methyl/N-ethyl adjacent to an activating group) is 1. The first-order valence-corrected chi connectivity index (χ1v) is 7.02. The normalized spacial score (nSPS) is 14.2. The molecule has 0 aromatic heterocycles. The molecule has 0 radical (unpaired) electrons. The number of anilines is 1. The Morgan fingerprint density at radius 2 is 2.24 bits per heavy atom. The lowest BCUT2D eigenvalue weighted by Crippen LogP contribution is -2.31. The molecule has 2 N–H and O–H groups in total. The average molecular weight is 293 g/mol. The monoisotopic (exact) mass is 293 g/mol. The van der Waals surface area contributed by atoms with Gasteiger partial charge in [0.2, 0.25) is 0 Å². The molecule has 0 amide bonds. The number of carboxylic acid groups (broad SMARTS) is 1. The molecule has 0 saturated heterocycles. The van der Waals surface area contributed by atoms with Crippen molar-refractivity contribution in [2.45, 2.75) is 25.8 Å². The summed E-state index contributed by atoms with van der Waals surface area (Å²) in [5.41, 5.74) is 0.129. The van der Waals surface area contributed by atoms with Gasteiger partial charge in [0, 0.05) is 37.0 Å². The van der Waals surface area contributed by atoms with Crippen molar-refractivity contribution in [2.75, 3.05) is 25.0 Å². The second-order valence-electron chi connectivity index (χ2n) is 5.08. The number of carboxylic acids is 1. The van der Waals surface area contributed by atoms with E-state index >= 15 is 0 Å². The number of non-ortho nitro benzene ring substituents is 1. The Morgan fingerprint density at radius 3 is 2.76 bits per heavy atom. The minimum absolute atomic E-state index is 0.0707. The molecule has 1 fully saturated rings. The summed E-state index contributed by atoms with van der Waals surface area (Å²) >= 11 is 0. The fourth-order valence-electron chi connectivity index (χ4n) is 2.35. The van der Waals surface area contributed by atoms with Crippen LogP contribution >= 0.6 is 0 Å². The molecular formula is C14H19N3O4. The van der Waals surface area contributed by atoms with Crippen LogP contribution in [0.3, 0.4) is 0 Å². The van der Waals surface area contributed by atoms with Crippen LogP contribution in [0.2, 0.25) is 0 Å². The number of hydrogen-bond acceptors (Lipinski definition) is 5. The summed E-state index contributed by atoms with van der Waals surface area (Å²) in [6.07, 6.45) is 2.46. The van der Waals surface area contributed by atoms with E-state index in [1.807, 2.05) is 0 Å². The number of carbonyl (C=O) groups is 1. The average Bonchev–Trinajstić information content (AvgIpc) is 3.28. The third kappa shape index (κ3) is 3.91. The molecule has 1 aromatic rings. The quantitative estimate of drug-likeness (QED) is 0.563. The topological polar surface area (TPSA) is 95.7 Å². The lowest BCUT2D eigenvalue weighted by molar-refractivity contribution is -0.384. The van der Waals surface area contributed by atoms with Gasteiger partial charge in [-0.2, -0.15) is 0 Å². The second-order valence-corrected chi connectivity index (χ2v) is 5.08. The van der Waals surface area contributed by atoms with Gasteiger partial charge in [0.15, 0.2) is 0 Å². The summed E-state index contributed by atoms with van der Waals surface area (Å²) in [6.45, 7) is 4.52. The lowest BCUT2D eigenvalue weighted by atomic mass is 10.1. The summed E-state index contributed by atoms with van der Waals surface area (Å²) < 4.78 is 0. The van der Waals surface area contributed by atoms with Crippen molar-refractivity contribution < 1.29 is 14.8 Å². The number of hydrogen-bond donors (Lipinski definition) is 2. The molecule has 7 nitrogen and oxygen atoms in total. The molecule has 0 heterocycles. The maximum Gasteiger partial charge on any atom is 0.338 e. The van der Waals surface area contributed by atoms with Gasteiger partial charge < -0.3 is 10.4 Å². The standard InChI is InChI=1S/C14H19N3O4/c1-2-16(10-3-4-10)8-7-15-13-6-5-11(17(20)21)9-12(13)14(18)19/h5-6,9-10,15H,2-4,7-8H2,1H3,(H,18,19). The molecule has 0 aliphatic heterocycles. The van der Waals surface area contributed by atoms with E-state index in [0.717, 1.165) is 19.2 Å². The lowest BCUT2D eigenvalue weighted by Gasteiger charge is -2.20. The van der Waals surface area contributed by atoms with Gasteiger partial charge in [0.1, 0.15) is 0 Å². The molecule has 1 aliphatic carbocycles. The van der Waals surface area contributed by atoms with Crippen molar-refractivity contribution in [3.8, 4) is 0 Å². The van der Waals surface area contributed by atoms with E-state index in [2.05, 4.69) is 17.1 Å². The first-order valence-electron chi connectivity index (χ1n) is 7.02. The van der Waals surface area contributed by atoms with Gasteiger partial charge in [-0.05, 0) is 25.5 Å². The molecule has 1 aromatic carbocycles. The second kappa shape index (κ2) is 6.53. The van der Waals surface area contributed by atoms with E-state index in [9.17, 15) is 14.9 Å².